The van der Waals surface area contributed by atoms with E-state index in [1.54, 1.807) is 50.2 Å². The van der Waals surface area contributed by atoms with Gasteiger partial charge in [0.05, 0.1) is 74.7 Å². The second kappa shape index (κ2) is 34.6. The Hall–Kier alpha value is -5.30. The lowest BCUT2D eigenvalue weighted by atomic mass is 10.1. The second-order valence-corrected chi connectivity index (χ2v) is 27.1. The number of rotatable bonds is 33. The minimum Gasteiger partial charge on any atom is -0.484 e. The first kappa shape index (κ1) is 70.6. The molecule has 4 aliphatic rings. The molecule has 24 nitrogen and oxygen atoms in total. The van der Waals surface area contributed by atoms with E-state index in [9.17, 15) is 36.0 Å². The quantitative estimate of drug-likeness (QED) is 0.0325. The van der Waals surface area contributed by atoms with Crippen LogP contribution in [0, 0.1) is 0 Å². The molecule has 90 heavy (non-hydrogen) atoms. The van der Waals surface area contributed by atoms with Crippen molar-refractivity contribution < 1.29 is 64.4 Å². The van der Waals surface area contributed by atoms with Crippen LogP contribution in [0.25, 0.3) is 0 Å². The summed E-state index contributed by atoms with van der Waals surface area (Å²) in [5, 5.41) is 13.1. The molecule has 0 saturated carbocycles. The molecule has 494 valence electrons. The Labute approximate surface area is 546 Å². The van der Waals surface area contributed by atoms with E-state index in [4.69, 9.17) is 74.8 Å². The number of carbonyl (C=O) groups excluding carboxylic acids is 4. The maximum absolute atomic E-state index is 13.1. The van der Waals surface area contributed by atoms with E-state index < -0.39 is 32.3 Å². The highest BCUT2D eigenvalue weighted by Crippen LogP contribution is 2.45. The zero-order chi connectivity index (χ0) is 64.2. The summed E-state index contributed by atoms with van der Waals surface area (Å²) in [4.78, 5) is 56.7. The smallest absolute Gasteiger partial charge is 0.314 e. The van der Waals surface area contributed by atoms with Gasteiger partial charge < -0.3 is 59.5 Å². The number of hydrogen-bond acceptors (Lipinski definition) is 16. The Morgan fingerprint density at radius 1 is 0.456 bits per heavy atom. The molecule has 4 aromatic rings. The molecule has 30 heteroatoms. The van der Waals surface area contributed by atoms with Gasteiger partial charge in [-0.05, 0) is 110 Å². The standard InChI is InChI=1S/C60H80Cl4N10O14S2/c1-41(75)71-19-23-73(24-20-71)55-39-49-51(35-43(61)37-53(49)63)57(55)87-45-5-9-47(10-6-45)89(79,80)69-17-29-85-33-31-83-27-15-67-59(77)65-13-3-4-14-66-60(78)68-16-28-84-32-34-86-30-18-70-90(81,82)48-11-7-46(8-12-48)88-58-52-36-44(62)38-54(64)50(52)40-56(58)74-25-21-72(22-26-74)42(2)76/h5-12,35-38,55-58,69-70H,3-4,13-34,39-40H2,1-2H3,(H2,65,67,77)(H2,66,68,78)/t55-,56-,57-,58-/m0/s1. The van der Waals surface area contributed by atoms with E-state index in [0.29, 0.717) is 123 Å². The zero-order valence-corrected chi connectivity index (χ0v) is 55.1. The summed E-state index contributed by atoms with van der Waals surface area (Å²) < 4.78 is 92.5. The van der Waals surface area contributed by atoms with Gasteiger partial charge in [0, 0.05) is 137 Å². The van der Waals surface area contributed by atoms with Gasteiger partial charge in [0.2, 0.25) is 31.9 Å². The van der Waals surface area contributed by atoms with Gasteiger partial charge in [-0.3, -0.25) is 19.4 Å². The molecule has 2 aliphatic carbocycles. The van der Waals surface area contributed by atoms with Crippen LogP contribution in [0.3, 0.4) is 0 Å². The van der Waals surface area contributed by atoms with Crippen LogP contribution in [0.2, 0.25) is 20.1 Å². The van der Waals surface area contributed by atoms with Crippen molar-refractivity contribution in [3.05, 3.63) is 115 Å². The number of hydrogen-bond donors (Lipinski definition) is 6. The third kappa shape index (κ3) is 20.6. The van der Waals surface area contributed by atoms with Gasteiger partial charge in [-0.2, -0.15) is 0 Å². The van der Waals surface area contributed by atoms with Crippen LogP contribution in [-0.4, -0.2) is 217 Å². The lowest BCUT2D eigenvalue weighted by Gasteiger charge is -2.39. The Balaban J connectivity index is 0.585. The number of unbranched alkanes of at least 4 members (excludes halogenated alkanes) is 1. The predicted molar refractivity (Wildman–Crippen MR) is 341 cm³/mol. The fraction of sp³-hybridized carbons (Fsp3) is 0.533. The molecule has 0 unspecified atom stereocenters. The molecule has 6 N–H and O–H groups in total. The number of piperazine rings is 2. The Morgan fingerprint density at radius 3 is 1.13 bits per heavy atom. The molecule has 0 aromatic heterocycles. The fourth-order valence-electron chi connectivity index (χ4n) is 11.1. The number of nitrogens with one attached hydrogen (secondary N) is 6. The van der Waals surface area contributed by atoms with Crippen LogP contribution < -0.4 is 40.2 Å². The van der Waals surface area contributed by atoms with Crippen LogP contribution in [-0.2, 0) is 61.4 Å². The van der Waals surface area contributed by atoms with Crippen molar-refractivity contribution in [2.75, 3.05) is 144 Å². The number of nitrogens with zero attached hydrogens (tertiary/aromatic N) is 4. The lowest BCUT2D eigenvalue weighted by molar-refractivity contribution is -0.132. The third-order valence-corrected chi connectivity index (χ3v) is 19.9. The highest BCUT2D eigenvalue weighted by atomic mass is 35.5. The molecule has 0 bridgehead atoms. The van der Waals surface area contributed by atoms with Gasteiger partial charge in [-0.1, -0.05) is 46.4 Å². The average molecular weight is 1370 g/mol. The normalized spacial score (nSPS) is 18.6. The first-order valence-electron chi connectivity index (χ1n) is 30.1. The molecule has 8 rings (SSSR count). The monoisotopic (exact) mass is 1370 g/mol. The first-order chi connectivity index (χ1) is 43.3. The van der Waals surface area contributed by atoms with Crippen molar-refractivity contribution >= 4 is 90.3 Å². The SMILES string of the molecule is CC(=O)N1CCN([C@H]2Cc3c(Cl)cc(Cl)cc3[C@@H]2Oc2ccc(S(=O)(=O)NCCOCCOCCNC(=O)NCCCCNC(=O)NCCOCCOCCNS(=O)(=O)c3ccc(O[C@H]4c5cc(Cl)cc(Cl)c5C[C@@H]4N4CCN(C(C)=O)CC4)cc3)cc2)CC1. The maximum atomic E-state index is 13.1. The molecule has 4 atom stereocenters. The van der Waals surface area contributed by atoms with Crippen molar-refractivity contribution in [1.82, 2.24) is 50.3 Å². The topological polar surface area (TPSA) is 277 Å². The van der Waals surface area contributed by atoms with E-state index >= 15 is 0 Å². The van der Waals surface area contributed by atoms with Gasteiger partial charge >= 0.3 is 12.1 Å². The zero-order valence-electron chi connectivity index (χ0n) is 50.5. The Morgan fingerprint density at radius 2 is 0.789 bits per heavy atom. The molecule has 2 saturated heterocycles. The van der Waals surface area contributed by atoms with E-state index in [0.717, 1.165) is 22.3 Å². The van der Waals surface area contributed by atoms with E-state index in [1.165, 1.54) is 24.3 Å². The molecule has 2 heterocycles. The average Bonchev–Trinajstić information content (AvgIpc) is 1.66. The summed E-state index contributed by atoms with van der Waals surface area (Å²) in [6, 6.07) is 18.8. The van der Waals surface area contributed by atoms with Crippen molar-refractivity contribution in [2.45, 2.75) is 73.6 Å². The Kier molecular flexibility index (Phi) is 27.1. The largest absolute Gasteiger partial charge is 0.484 e. The highest BCUT2D eigenvalue weighted by Gasteiger charge is 2.42. The van der Waals surface area contributed by atoms with Gasteiger partial charge in [0.15, 0.2) is 0 Å². The molecule has 2 fully saturated rings. The summed E-state index contributed by atoms with van der Waals surface area (Å²) in [7, 11) is -7.68. The van der Waals surface area contributed by atoms with Crippen LogP contribution in [0.15, 0.2) is 82.6 Å². The molecule has 6 amide bonds. The van der Waals surface area contributed by atoms with Crippen LogP contribution >= 0.6 is 46.4 Å². The van der Waals surface area contributed by atoms with E-state index in [2.05, 4.69) is 40.5 Å². The number of fused-ring (bicyclic) bond motifs is 2. The van der Waals surface area contributed by atoms with Gasteiger partial charge in [-0.25, -0.2) is 35.9 Å². The number of carbonyl (C=O) groups is 4. The van der Waals surface area contributed by atoms with Crippen molar-refractivity contribution in [2.24, 2.45) is 0 Å². The minimum absolute atomic E-state index is 0.0389. The van der Waals surface area contributed by atoms with E-state index in [1.807, 2.05) is 21.9 Å². The molecular formula is C60H80Cl4N10O14S2. The van der Waals surface area contributed by atoms with Crippen LogP contribution in [0.1, 0.15) is 61.2 Å². The number of benzene rings is 4. The van der Waals surface area contributed by atoms with E-state index in [-0.39, 0.29) is 125 Å². The summed E-state index contributed by atoms with van der Waals surface area (Å²) >= 11 is 26.1. The van der Waals surface area contributed by atoms with Crippen molar-refractivity contribution in [3.8, 4) is 11.5 Å². The Bertz CT molecular complexity index is 3060. The molecule has 0 radical (unpaired) electrons. The number of sulfonamides is 2. The molecule has 2 aliphatic heterocycles. The summed E-state index contributed by atoms with van der Waals surface area (Å²) in [6.45, 7) is 11.4. The summed E-state index contributed by atoms with van der Waals surface area (Å²) in [5.41, 5.74) is 3.69. The molecule has 4 aromatic carbocycles. The van der Waals surface area contributed by atoms with Crippen LogP contribution in [0.4, 0.5) is 9.59 Å². The number of halogens is 4. The third-order valence-electron chi connectivity index (χ3n) is 15.8. The van der Waals surface area contributed by atoms with Crippen molar-refractivity contribution in [1.29, 1.82) is 0 Å². The lowest BCUT2D eigenvalue weighted by Crippen LogP contribution is -2.53. The maximum Gasteiger partial charge on any atom is 0.314 e. The minimum atomic E-state index is -3.84. The predicted octanol–water partition coefficient (Wildman–Crippen LogP) is 5.42. The van der Waals surface area contributed by atoms with Crippen LogP contribution in [0.5, 0.6) is 11.5 Å². The summed E-state index contributed by atoms with van der Waals surface area (Å²) in [6.07, 6.45) is 1.73. The summed E-state index contributed by atoms with van der Waals surface area (Å²) in [5.74, 6) is 1.06. The van der Waals surface area contributed by atoms with Gasteiger partial charge in [0.25, 0.3) is 0 Å². The first-order valence-corrected chi connectivity index (χ1v) is 34.6. The number of urea groups is 2. The molecule has 0 spiro atoms. The second-order valence-electron chi connectivity index (χ2n) is 21.9. The fourth-order valence-corrected chi connectivity index (χ4v) is 14.3. The highest BCUT2D eigenvalue weighted by molar-refractivity contribution is 7.89. The number of ether oxygens (including phenoxy) is 6. The van der Waals surface area contributed by atoms with Gasteiger partial charge in [0.1, 0.15) is 23.7 Å². The van der Waals surface area contributed by atoms with Gasteiger partial charge in [-0.15, -0.1) is 0 Å². The molecular weight excluding hydrogens is 1290 g/mol. The van der Waals surface area contributed by atoms with Crippen molar-refractivity contribution in [3.63, 3.8) is 0 Å². The number of amides is 6.